The first-order valence-corrected chi connectivity index (χ1v) is 6.53. The lowest BCUT2D eigenvalue weighted by Crippen LogP contribution is -1.92. The Morgan fingerprint density at radius 2 is 1.89 bits per heavy atom. The summed E-state index contributed by atoms with van der Waals surface area (Å²) < 4.78 is 5.47. The molecule has 0 saturated carbocycles. The highest BCUT2D eigenvalue weighted by atomic mass is 16.5. The van der Waals surface area contributed by atoms with E-state index in [-0.39, 0.29) is 0 Å². The van der Waals surface area contributed by atoms with Crippen LogP contribution in [0.4, 0.5) is 5.69 Å². The number of ether oxygens (including phenoxy) is 1. The molecule has 0 aliphatic carbocycles. The summed E-state index contributed by atoms with van der Waals surface area (Å²) >= 11 is 0. The van der Waals surface area contributed by atoms with Crippen molar-refractivity contribution < 1.29 is 4.74 Å². The molecule has 0 spiro atoms. The van der Waals surface area contributed by atoms with E-state index >= 15 is 0 Å². The average Bonchev–Trinajstić information content (AvgIpc) is 2.41. The van der Waals surface area contributed by atoms with Crippen LogP contribution >= 0.6 is 0 Å². The van der Waals surface area contributed by atoms with Crippen molar-refractivity contribution in [2.24, 2.45) is 4.99 Å². The molecule has 0 saturated heterocycles. The molecule has 0 heterocycles. The van der Waals surface area contributed by atoms with Gasteiger partial charge in [-0.15, -0.1) is 0 Å². The Morgan fingerprint density at radius 3 is 2.63 bits per heavy atom. The van der Waals surface area contributed by atoms with Gasteiger partial charge in [-0.1, -0.05) is 18.2 Å². The summed E-state index contributed by atoms with van der Waals surface area (Å²) in [5.41, 5.74) is 4.57. The van der Waals surface area contributed by atoms with E-state index in [0.717, 1.165) is 17.0 Å². The first-order chi connectivity index (χ1) is 9.19. The van der Waals surface area contributed by atoms with Crippen molar-refractivity contribution in [2.45, 2.75) is 20.8 Å². The second-order valence-electron chi connectivity index (χ2n) is 4.53. The molecular formula is C17H19NO. The van der Waals surface area contributed by atoms with Crippen LogP contribution in [-0.2, 0) is 0 Å². The van der Waals surface area contributed by atoms with Gasteiger partial charge in [0.25, 0.3) is 0 Å². The lowest BCUT2D eigenvalue weighted by atomic mass is 10.1. The Balaban J connectivity index is 2.17. The summed E-state index contributed by atoms with van der Waals surface area (Å²) in [6.45, 7) is 6.87. The first kappa shape index (κ1) is 13.3. The average molecular weight is 253 g/mol. The Kier molecular flexibility index (Phi) is 4.35. The van der Waals surface area contributed by atoms with Gasteiger partial charge in [0.05, 0.1) is 12.3 Å². The van der Waals surface area contributed by atoms with E-state index in [4.69, 9.17) is 4.74 Å². The quantitative estimate of drug-likeness (QED) is 0.737. The van der Waals surface area contributed by atoms with Crippen molar-refractivity contribution >= 4 is 11.9 Å². The molecule has 0 N–H and O–H groups in total. The van der Waals surface area contributed by atoms with Gasteiger partial charge in [0.1, 0.15) is 5.75 Å². The summed E-state index contributed by atoms with van der Waals surface area (Å²) in [7, 11) is 0. The van der Waals surface area contributed by atoms with Gasteiger partial charge in [-0.3, -0.25) is 4.99 Å². The normalized spacial score (nSPS) is 10.9. The SMILES string of the molecule is CCOc1cccc(C=Nc2ccc(C)c(C)c2)c1. The highest BCUT2D eigenvalue weighted by Crippen LogP contribution is 2.18. The van der Waals surface area contributed by atoms with Crippen LogP contribution in [0.15, 0.2) is 47.5 Å². The van der Waals surface area contributed by atoms with Crippen LogP contribution in [0.3, 0.4) is 0 Å². The number of hydrogen-bond acceptors (Lipinski definition) is 2. The van der Waals surface area contributed by atoms with Crippen LogP contribution in [0.25, 0.3) is 0 Å². The van der Waals surface area contributed by atoms with Gasteiger partial charge in [-0.05, 0) is 61.7 Å². The van der Waals surface area contributed by atoms with Crippen LogP contribution < -0.4 is 4.74 Å². The minimum atomic E-state index is 0.678. The molecule has 0 amide bonds. The Bertz CT molecular complexity index is 588. The minimum absolute atomic E-state index is 0.678. The van der Waals surface area contributed by atoms with Gasteiger partial charge >= 0.3 is 0 Å². The smallest absolute Gasteiger partial charge is 0.119 e. The van der Waals surface area contributed by atoms with Crippen LogP contribution in [-0.4, -0.2) is 12.8 Å². The highest BCUT2D eigenvalue weighted by Gasteiger charge is 1.96. The second kappa shape index (κ2) is 6.19. The fourth-order valence-corrected chi connectivity index (χ4v) is 1.81. The van der Waals surface area contributed by atoms with E-state index in [1.54, 1.807) is 0 Å². The molecule has 98 valence electrons. The van der Waals surface area contributed by atoms with Crippen molar-refractivity contribution in [1.82, 2.24) is 0 Å². The Hall–Kier alpha value is -2.09. The maximum Gasteiger partial charge on any atom is 0.119 e. The number of benzene rings is 2. The Morgan fingerprint density at radius 1 is 1.05 bits per heavy atom. The number of aliphatic imine (C=N–C) groups is 1. The third-order valence-corrected chi connectivity index (χ3v) is 3.02. The third kappa shape index (κ3) is 3.68. The van der Waals surface area contributed by atoms with Gasteiger partial charge in [0, 0.05) is 6.21 Å². The molecule has 0 aliphatic heterocycles. The molecule has 2 aromatic rings. The van der Waals surface area contributed by atoms with Crippen molar-refractivity contribution in [3.8, 4) is 5.75 Å². The summed E-state index contributed by atoms with van der Waals surface area (Å²) in [5, 5.41) is 0. The molecule has 2 heteroatoms. The lowest BCUT2D eigenvalue weighted by molar-refractivity contribution is 0.340. The fourth-order valence-electron chi connectivity index (χ4n) is 1.81. The molecule has 0 fully saturated rings. The van der Waals surface area contributed by atoms with E-state index in [2.05, 4.69) is 31.0 Å². The molecule has 2 nitrogen and oxygen atoms in total. The molecule has 0 unspecified atom stereocenters. The minimum Gasteiger partial charge on any atom is -0.494 e. The summed E-state index contributed by atoms with van der Waals surface area (Å²) in [6, 6.07) is 14.2. The number of nitrogens with zero attached hydrogens (tertiary/aromatic N) is 1. The molecule has 19 heavy (non-hydrogen) atoms. The molecular weight excluding hydrogens is 234 g/mol. The van der Waals surface area contributed by atoms with Gasteiger partial charge in [0.15, 0.2) is 0 Å². The zero-order valence-corrected chi connectivity index (χ0v) is 11.7. The molecule has 2 rings (SSSR count). The summed E-state index contributed by atoms with van der Waals surface area (Å²) in [6.07, 6.45) is 1.87. The lowest BCUT2D eigenvalue weighted by Gasteiger charge is -2.03. The van der Waals surface area contributed by atoms with Crippen molar-refractivity contribution in [2.75, 3.05) is 6.61 Å². The van der Waals surface area contributed by atoms with Crippen LogP contribution in [0.1, 0.15) is 23.6 Å². The van der Waals surface area contributed by atoms with Gasteiger partial charge in [0.2, 0.25) is 0 Å². The standard InChI is InChI=1S/C17H19NO/c1-4-19-17-7-5-6-15(11-17)12-18-16-9-8-13(2)14(3)10-16/h5-12H,4H2,1-3H3. The van der Waals surface area contributed by atoms with Crippen molar-refractivity contribution in [1.29, 1.82) is 0 Å². The predicted octanol–water partition coefficient (Wildman–Crippen LogP) is 4.45. The maximum absolute atomic E-state index is 5.47. The summed E-state index contributed by atoms with van der Waals surface area (Å²) in [5.74, 6) is 0.881. The van der Waals surface area contributed by atoms with Crippen LogP contribution in [0.5, 0.6) is 5.75 Å². The third-order valence-electron chi connectivity index (χ3n) is 3.02. The maximum atomic E-state index is 5.47. The van der Waals surface area contributed by atoms with Crippen molar-refractivity contribution in [3.63, 3.8) is 0 Å². The first-order valence-electron chi connectivity index (χ1n) is 6.53. The monoisotopic (exact) mass is 253 g/mol. The topological polar surface area (TPSA) is 21.6 Å². The van der Waals surface area contributed by atoms with Gasteiger partial charge in [-0.2, -0.15) is 0 Å². The molecule has 0 bridgehead atoms. The van der Waals surface area contributed by atoms with Gasteiger partial charge in [-0.25, -0.2) is 0 Å². The summed E-state index contributed by atoms with van der Waals surface area (Å²) in [4.78, 5) is 4.50. The molecule has 0 atom stereocenters. The molecule has 0 aliphatic rings. The van der Waals surface area contributed by atoms with Crippen LogP contribution in [0.2, 0.25) is 0 Å². The predicted molar refractivity (Wildman–Crippen MR) is 80.8 cm³/mol. The van der Waals surface area contributed by atoms with E-state index in [0.29, 0.717) is 6.61 Å². The molecule has 2 aromatic carbocycles. The number of aryl methyl sites for hydroxylation is 2. The molecule has 0 aromatic heterocycles. The number of rotatable bonds is 4. The zero-order chi connectivity index (χ0) is 13.7. The van der Waals surface area contributed by atoms with Crippen LogP contribution in [0, 0.1) is 13.8 Å². The fraction of sp³-hybridized carbons (Fsp3) is 0.235. The van der Waals surface area contributed by atoms with E-state index in [1.165, 1.54) is 11.1 Å². The largest absolute Gasteiger partial charge is 0.494 e. The number of hydrogen-bond donors (Lipinski definition) is 0. The van der Waals surface area contributed by atoms with E-state index in [9.17, 15) is 0 Å². The van der Waals surface area contributed by atoms with Gasteiger partial charge < -0.3 is 4.74 Å². The van der Waals surface area contributed by atoms with E-state index < -0.39 is 0 Å². The molecule has 0 radical (unpaired) electrons. The highest BCUT2D eigenvalue weighted by molar-refractivity contribution is 5.82. The second-order valence-corrected chi connectivity index (χ2v) is 4.53. The van der Waals surface area contributed by atoms with Crippen molar-refractivity contribution in [3.05, 3.63) is 59.2 Å². The van der Waals surface area contributed by atoms with E-state index in [1.807, 2.05) is 43.5 Å². The Labute approximate surface area is 114 Å². The zero-order valence-electron chi connectivity index (χ0n) is 11.7.